The van der Waals surface area contributed by atoms with E-state index in [1.807, 2.05) is 24.3 Å². The van der Waals surface area contributed by atoms with Crippen LogP contribution in [0.5, 0.6) is 0 Å². The summed E-state index contributed by atoms with van der Waals surface area (Å²) < 4.78 is 0. The summed E-state index contributed by atoms with van der Waals surface area (Å²) >= 11 is 0. The number of benzene rings is 1. The topological polar surface area (TPSA) is 49.4 Å². The zero-order valence-corrected chi connectivity index (χ0v) is 13.5. The number of rotatable bonds is 5. The van der Waals surface area contributed by atoms with E-state index >= 15 is 0 Å². The van der Waals surface area contributed by atoms with E-state index < -0.39 is 0 Å². The molecule has 0 radical (unpaired) electrons. The number of anilines is 1. The molecule has 0 saturated heterocycles. The molecule has 0 aromatic heterocycles. The molecule has 0 aliphatic heterocycles. The van der Waals surface area contributed by atoms with E-state index in [0.29, 0.717) is 12.1 Å². The molecule has 0 heterocycles. The van der Waals surface area contributed by atoms with E-state index in [-0.39, 0.29) is 17.7 Å². The van der Waals surface area contributed by atoms with Gasteiger partial charge in [0.05, 0.1) is 0 Å². The molecule has 2 amide bonds. The molecule has 3 aliphatic rings. The van der Waals surface area contributed by atoms with Crippen molar-refractivity contribution in [2.24, 2.45) is 5.92 Å². The Morgan fingerprint density at radius 2 is 1.48 bits per heavy atom. The SMILES string of the molecule is O=C(Nc1ccc(C(=O)N(C2CCCC2)C2CC2)cc1)C1CC1. The zero-order chi connectivity index (χ0) is 15.8. The van der Waals surface area contributed by atoms with Crippen LogP contribution in [0.15, 0.2) is 24.3 Å². The smallest absolute Gasteiger partial charge is 0.254 e. The zero-order valence-electron chi connectivity index (χ0n) is 13.5. The number of amides is 2. The van der Waals surface area contributed by atoms with Gasteiger partial charge in [-0.25, -0.2) is 0 Å². The summed E-state index contributed by atoms with van der Waals surface area (Å²) in [6.45, 7) is 0. The van der Waals surface area contributed by atoms with E-state index in [4.69, 9.17) is 0 Å². The predicted molar refractivity (Wildman–Crippen MR) is 89.2 cm³/mol. The second kappa shape index (κ2) is 5.99. The van der Waals surface area contributed by atoms with Crippen LogP contribution in [0, 0.1) is 5.92 Å². The monoisotopic (exact) mass is 312 g/mol. The van der Waals surface area contributed by atoms with E-state index in [9.17, 15) is 9.59 Å². The number of hydrogen-bond donors (Lipinski definition) is 1. The van der Waals surface area contributed by atoms with Crippen molar-refractivity contribution in [3.63, 3.8) is 0 Å². The fourth-order valence-electron chi connectivity index (χ4n) is 3.60. The number of nitrogens with one attached hydrogen (secondary N) is 1. The highest BCUT2D eigenvalue weighted by molar-refractivity contribution is 5.97. The fourth-order valence-corrected chi connectivity index (χ4v) is 3.60. The van der Waals surface area contributed by atoms with Gasteiger partial charge in [0.2, 0.25) is 5.91 Å². The Balaban J connectivity index is 1.45. The highest BCUT2D eigenvalue weighted by atomic mass is 16.2. The number of nitrogens with zero attached hydrogens (tertiary/aromatic N) is 1. The van der Waals surface area contributed by atoms with E-state index in [1.54, 1.807) is 0 Å². The largest absolute Gasteiger partial charge is 0.333 e. The first kappa shape index (κ1) is 14.7. The fraction of sp³-hybridized carbons (Fsp3) is 0.579. The molecule has 4 heteroatoms. The first-order valence-electron chi connectivity index (χ1n) is 8.96. The van der Waals surface area contributed by atoms with Gasteiger partial charge in [-0.15, -0.1) is 0 Å². The van der Waals surface area contributed by atoms with Crippen LogP contribution in [0.1, 0.15) is 61.7 Å². The summed E-state index contributed by atoms with van der Waals surface area (Å²) in [4.78, 5) is 26.8. The Kier molecular flexibility index (Phi) is 3.83. The minimum atomic E-state index is 0.106. The Hall–Kier alpha value is -1.84. The van der Waals surface area contributed by atoms with Crippen LogP contribution in [0.25, 0.3) is 0 Å². The van der Waals surface area contributed by atoms with Crippen molar-refractivity contribution in [3.05, 3.63) is 29.8 Å². The molecular weight excluding hydrogens is 288 g/mol. The summed E-state index contributed by atoms with van der Waals surface area (Å²) in [5, 5.41) is 2.93. The molecule has 0 unspecified atom stereocenters. The summed E-state index contributed by atoms with van der Waals surface area (Å²) in [5.74, 6) is 0.471. The van der Waals surface area contributed by atoms with Gasteiger partial charge in [-0.3, -0.25) is 9.59 Å². The van der Waals surface area contributed by atoms with E-state index in [2.05, 4.69) is 10.2 Å². The first-order valence-corrected chi connectivity index (χ1v) is 8.96. The van der Waals surface area contributed by atoms with Crippen LogP contribution in [-0.2, 0) is 4.79 Å². The summed E-state index contributed by atoms with van der Waals surface area (Å²) in [5.41, 5.74) is 1.53. The lowest BCUT2D eigenvalue weighted by Gasteiger charge is -2.29. The van der Waals surface area contributed by atoms with Gasteiger partial charge in [0.25, 0.3) is 5.91 Å². The summed E-state index contributed by atoms with van der Waals surface area (Å²) in [7, 11) is 0. The molecule has 122 valence electrons. The molecule has 4 rings (SSSR count). The summed E-state index contributed by atoms with van der Waals surface area (Å²) in [6, 6.07) is 8.31. The normalized spacial score (nSPS) is 21.2. The maximum absolute atomic E-state index is 12.9. The van der Waals surface area contributed by atoms with Gasteiger partial charge in [-0.2, -0.15) is 0 Å². The molecule has 23 heavy (non-hydrogen) atoms. The Morgan fingerprint density at radius 3 is 2.04 bits per heavy atom. The van der Waals surface area contributed by atoms with Crippen LogP contribution >= 0.6 is 0 Å². The van der Waals surface area contributed by atoms with Crippen molar-refractivity contribution in [2.45, 2.75) is 63.5 Å². The third-order valence-corrected chi connectivity index (χ3v) is 5.24. The lowest BCUT2D eigenvalue weighted by molar-refractivity contribution is -0.117. The molecule has 0 atom stereocenters. The van der Waals surface area contributed by atoms with Gasteiger partial charge in [-0.05, 0) is 62.8 Å². The third-order valence-electron chi connectivity index (χ3n) is 5.24. The molecule has 1 aromatic carbocycles. The predicted octanol–water partition coefficient (Wildman–Crippen LogP) is 3.58. The van der Waals surface area contributed by atoms with E-state index in [0.717, 1.165) is 49.8 Å². The van der Waals surface area contributed by atoms with Crippen molar-refractivity contribution < 1.29 is 9.59 Å². The molecular formula is C19H24N2O2. The van der Waals surface area contributed by atoms with Crippen molar-refractivity contribution in [3.8, 4) is 0 Å². The molecule has 1 aromatic rings. The molecule has 3 aliphatic carbocycles. The molecule has 0 spiro atoms. The van der Waals surface area contributed by atoms with Crippen LogP contribution in [0.4, 0.5) is 5.69 Å². The quantitative estimate of drug-likeness (QED) is 0.903. The van der Waals surface area contributed by atoms with Crippen molar-refractivity contribution >= 4 is 17.5 Å². The average molecular weight is 312 g/mol. The van der Waals surface area contributed by atoms with Crippen LogP contribution < -0.4 is 5.32 Å². The van der Waals surface area contributed by atoms with Crippen molar-refractivity contribution in [2.75, 3.05) is 5.32 Å². The van der Waals surface area contributed by atoms with Gasteiger partial charge >= 0.3 is 0 Å². The minimum Gasteiger partial charge on any atom is -0.333 e. The Bertz CT molecular complexity index is 596. The second-order valence-corrected chi connectivity index (χ2v) is 7.22. The highest BCUT2D eigenvalue weighted by Crippen LogP contribution is 2.35. The first-order chi connectivity index (χ1) is 11.2. The van der Waals surface area contributed by atoms with Crippen LogP contribution in [-0.4, -0.2) is 28.8 Å². The third kappa shape index (κ3) is 3.26. The standard InChI is InChI=1S/C19H24N2O2/c22-18(13-5-6-13)20-15-9-7-14(8-10-15)19(23)21(17-11-12-17)16-3-1-2-4-16/h7-10,13,16-17H,1-6,11-12H2,(H,20,22). The molecule has 3 fully saturated rings. The minimum absolute atomic E-state index is 0.106. The van der Waals surface area contributed by atoms with Crippen molar-refractivity contribution in [1.82, 2.24) is 4.90 Å². The van der Waals surface area contributed by atoms with Gasteiger partial charge in [0.1, 0.15) is 0 Å². The Labute approximate surface area is 137 Å². The lowest BCUT2D eigenvalue weighted by atomic mass is 10.1. The van der Waals surface area contributed by atoms with Crippen LogP contribution in [0.2, 0.25) is 0 Å². The second-order valence-electron chi connectivity index (χ2n) is 7.22. The molecule has 3 saturated carbocycles. The van der Waals surface area contributed by atoms with Gasteiger partial charge in [-0.1, -0.05) is 12.8 Å². The molecule has 4 nitrogen and oxygen atoms in total. The van der Waals surface area contributed by atoms with Gasteiger partial charge < -0.3 is 10.2 Å². The van der Waals surface area contributed by atoms with Crippen molar-refractivity contribution in [1.29, 1.82) is 0 Å². The molecule has 0 bridgehead atoms. The van der Waals surface area contributed by atoms with Crippen LogP contribution in [0.3, 0.4) is 0 Å². The number of carbonyl (C=O) groups is 2. The number of hydrogen-bond acceptors (Lipinski definition) is 2. The lowest BCUT2D eigenvalue weighted by Crippen LogP contribution is -2.40. The molecule has 1 N–H and O–H groups in total. The Morgan fingerprint density at radius 1 is 0.870 bits per heavy atom. The van der Waals surface area contributed by atoms with E-state index in [1.165, 1.54) is 12.8 Å². The van der Waals surface area contributed by atoms with Gasteiger partial charge in [0, 0.05) is 29.3 Å². The van der Waals surface area contributed by atoms with Gasteiger partial charge in [0.15, 0.2) is 0 Å². The average Bonchev–Trinajstić information content (AvgIpc) is 3.48. The number of carbonyl (C=O) groups excluding carboxylic acids is 2. The summed E-state index contributed by atoms with van der Waals surface area (Å²) in [6.07, 6.45) is 9.09. The maximum atomic E-state index is 12.9. The maximum Gasteiger partial charge on any atom is 0.254 e. The highest BCUT2D eigenvalue weighted by Gasteiger charge is 2.38.